The van der Waals surface area contributed by atoms with Gasteiger partial charge in [0, 0.05) is 0 Å². The Bertz CT molecular complexity index is 714. The molecule has 0 N–H and O–H groups in total. The van der Waals surface area contributed by atoms with Crippen LogP contribution < -0.4 is 9.47 Å². The van der Waals surface area contributed by atoms with Crippen molar-refractivity contribution < 1.29 is 14.3 Å². The van der Waals surface area contributed by atoms with Gasteiger partial charge in [-0.2, -0.15) is 5.26 Å². The summed E-state index contributed by atoms with van der Waals surface area (Å²) in [5, 5.41) is 8.74. The standard InChI is InChI=1S/C18H17NO3/c1-12-4-9-17(13(2)10-12)22-18(20)14(3)21-16-7-5-15(11-19)6-8-16/h4-10,14H,1-3H3/t14-/m1/s1. The Morgan fingerprint density at radius 3 is 2.41 bits per heavy atom. The Morgan fingerprint density at radius 1 is 1.14 bits per heavy atom. The average Bonchev–Trinajstić information content (AvgIpc) is 2.50. The molecule has 0 fully saturated rings. The highest BCUT2D eigenvalue weighted by molar-refractivity contribution is 5.77. The van der Waals surface area contributed by atoms with Crippen molar-refractivity contribution in [3.8, 4) is 17.6 Å². The minimum atomic E-state index is -0.742. The van der Waals surface area contributed by atoms with Crippen LogP contribution in [-0.4, -0.2) is 12.1 Å². The van der Waals surface area contributed by atoms with Gasteiger partial charge in [-0.15, -0.1) is 0 Å². The molecule has 0 bridgehead atoms. The van der Waals surface area contributed by atoms with E-state index in [1.54, 1.807) is 37.3 Å². The van der Waals surface area contributed by atoms with Gasteiger partial charge in [-0.1, -0.05) is 17.7 Å². The first-order chi connectivity index (χ1) is 10.5. The molecule has 4 nitrogen and oxygen atoms in total. The van der Waals surface area contributed by atoms with Crippen molar-refractivity contribution in [2.24, 2.45) is 0 Å². The Morgan fingerprint density at radius 2 is 1.82 bits per heavy atom. The predicted molar refractivity (Wildman–Crippen MR) is 82.8 cm³/mol. The van der Waals surface area contributed by atoms with Gasteiger partial charge in [0.2, 0.25) is 0 Å². The second-order valence-electron chi connectivity index (χ2n) is 5.09. The van der Waals surface area contributed by atoms with Crippen molar-refractivity contribution in [3.63, 3.8) is 0 Å². The zero-order valence-corrected chi connectivity index (χ0v) is 12.8. The maximum Gasteiger partial charge on any atom is 0.352 e. The average molecular weight is 295 g/mol. The van der Waals surface area contributed by atoms with Gasteiger partial charge in [-0.3, -0.25) is 0 Å². The second kappa shape index (κ2) is 6.77. The lowest BCUT2D eigenvalue weighted by Crippen LogP contribution is -2.28. The number of esters is 1. The van der Waals surface area contributed by atoms with Gasteiger partial charge in [-0.05, 0) is 56.7 Å². The smallest absolute Gasteiger partial charge is 0.352 e. The summed E-state index contributed by atoms with van der Waals surface area (Å²) >= 11 is 0. The van der Waals surface area contributed by atoms with Crippen LogP contribution in [0.5, 0.6) is 11.5 Å². The molecule has 4 heteroatoms. The maximum absolute atomic E-state index is 12.1. The molecule has 2 aromatic rings. The molecular weight excluding hydrogens is 278 g/mol. The van der Waals surface area contributed by atoms with Gasteiger partial charge in [0.15, 0.2) is 6.10 Å². The third-order valence-corrected chi connectivity index (χ3v) is 3.17. The highest BCUT2D eigenvalue weighted by Gasteiger charge is 2.18. The van der Waals surface area contributed by atoms with Crippen LogP contribution in [0.3, 0.4) is 0 Å². The number of hydrogen-bond donors (Lipinski definition) is 0. The van der Waals surface area contributed by atoms with E-state index in [0.717, 1.165) is 11.1 Å². The molecule has 0 unspecified atom stereocenters. The molecule has 0 amide bonds. The SMILES string of the molecule is Cc1ccc(OC(=O)[C@@H](C)Oc2ccc(C#N)cc2)c(C)c1. The number of benzene rings is 2. The molecule has 0 radical (unpaired) electrons. The monoisotopic (exact) mass is 295 g/mol. The maximum atomic E-state index is 12.1. The van der Waals surface area contributed by atoms with Crippen LogP contribution in [0.2, 0.25) is 0 Å². The molecular formula is C18H17NO3. The van der Waals surface area contributed by atoms with Gasteiger partial charge in [-0.25, -0.2) is 4.79 Å². The molecule has 1 atom stereocenters. The number of carbonyl (C=O) groups is 1. The minimum absolute atomic E-state index is 0.462. The first kappa shape index (κ1) is 15.6. The lowest BCUT2D eigenvalue weighted by molar-refractivity contribution is -0.141. The van der Waals surface area contributed by atoms with Crippen molar-refractivity contribution in [2.45, 2.75) is 26.9 Å². The zero-order chi connectivity index (χ0) is 16.1. The summed E-state index contributed by atoms with van der Waals surface area (Å²) in [5.41, 5.74) is 2.55. The quantitative estimate of drug-likeness (QED) is 0.639. The summed E-state index contributed by atoms with van der Waals surface area (Å²) in [6.45, 7) is 5.50. The predicted octanol–water partition coefficient (Wildman–Crippen LogP) is 3.55. The van der Waals surface area contributed by atoms with E-state index in [4.69, 9.17) is 14.7 Å². The highest BCUT2D eigenvalue weighted by atomic mass is 16.6. The summed E-state index contributed by atoms with van der Waals surface area (Å²) in [7, 11) is 0. The van der Waals surface area contributed by atoms with Crippen LogP contribution in [0, 0.1) is 25.2 Å². The van der Waals surface area contributed by atoms with Gasteiger partial charge in [0.25, 0.3) is 0 Å². The molecule has 0 heterocycles. The largest absolute Gasteiger partial charge is 0.479 e. The van der Waals surface area contributed by atoms with Gasteiger partial charge in [0.1, 0.15) is 11.5 Å². The van der Waals surface area contributed by atoms with Crippen molar-refractivity contribution in [1.29, 1.82) is 5.26 Å². The number of carbonyl (C=O) groups excluding carboxylic acids is 1. The van der Waals surface area contributed by atoms with E-state index in [9.17, 15) is 4.79 Å². The number of aryl methyl sites for hydroxylation is 2. The topological polar surface area (TPSA) is 59.3 Å². The molecule has 0 aliphatic rings. The van der Waals surface area contributed by atoms with Crippen molar-refractivity contribution >= 4 is 5.97 Å². The molecule has 0 aromatic heterocycles. The molecule has 0 aliphatic heterocycles. The van der Waals surface area contributed by atoms with E-state index < -0.39 is 12.1 Å². The molecule has 2 aromatic carbocycles. The van der Waals surface area contributed by atoms with E-state index in [2.05, 4.69) is 0 Å². The van der Waals surface area contributed by atoms with Crippen LogP contribution >= 0.6 is 0 Å². The summed E-state index contributed by atoms with van der Waals surface area (Å²) in [6.07, 6.45) is -0.742. The lowest BCUT2D eigenvalue weighted by Gasteiger charge is -2.15. The Kier molecular flexibility index (Phi) is 4.80. The highest BCUT2D eigenvalue weighted by Crippen LogP contribution is 2.20. The normalized spacial score (nSPS) is 11.4. The Balaban J connectivity index is 2.01. The first-order valence-corrected chi connectivity index (χ1v) is 6.95. The van der Waals surface area contributed by atoms with Gasteiger partial charge < -0.3 is 9.47 Å². The number of rotatable bonds is 4. The van der Waals surface area contributed by atoms with Crippen molar-refractivity contribution in [3.05, 3.63) is 59.2 Å². The first-order valence-electron chi connectivity index (χ1n) is 6.95. The van der Waals surface area contributed by atoms with Crippen molar-refractivity contribution in [2.75, 3.05) is 0 Å². The molecule has 2 rings (SSSR count). The van der Waals surface area contributed by atoms with E-state index in [1.807, 2.05) is 32.0 Å². The number of nitriles is 1. The van der Waals surface area contributed by atoms with E-state index >= 15 is 0 Å². The molecule has 0 saturated heterocycles. The number of hydrogen-bond acceptors (Lipinski definition) is 4. The fourth-order valence-corrected chi connectivity index (χ4v) is 1.97. The molecule has 112 valence electrons. The Hall–Kier alpha value is -2.80. The van der Waals surface area contributed by atoms with E-state index in [-0.39, 0.29) is 0 Å². The summed E-state index contributed by atoms with van der Waals surface area (Å²) in [4.78, 5) is 12.1. The zero-order valence-electron chi connectivity index (χ0n) is 12.8. The third-order valence-electron chi connectivity index (χ3n) is 3.17. The van der Waals surface area contributed by atoms with E-state index in [0.29, 0.717) is 17.1 Å². The molecule has 0 spiro atoms. The minimum Gasteiger partial charge on any atom is -0.479 e. The van der Waals surface area contributed by atoms with Crippen LogP contribution in [0.25, 0.3) is 0 Å². The summed E-state index contributed by atoms with van der Waals surface area (Å²) in [5.74, 6) is 0.589. The number of ether oxygens (including phenoxy) is 2. The fourth-order valence-electron chi connectivity index (χ4n) is 1.97. The molecule has 0 saturated carbocycles. The summed E-state index contributed by atoms with van der Waals surface area (Å²) in [6, 6.07) is 14.2. The third kappa shape index (κ3) is 3.86. The van der Waals surface area contributed by atoms with Crippen LogP contribution in [0.1, 0.15) is 23.6 Å². The van der Waals surface area contributed by atoms with Gasteiger partial charge >= 0.3 is 5.97 Å². The summed E-state index contributed by atoms with van der Waals surface area (Å²) < 4.78 is 10.9. The molecule has 0 aliphatic carbocycles. The lowest BCUT2D eigenvalue weighted by atomic mass is 10.1. The van der Waals surface area contributed by atoms with Crippen LogP contribution in [0.15, 0.2) is 42.5 Å². The van der Waals surface area contributed by atoms with Crippen LogP contribution in [0.4, 0.5) is 0 Å². The number of nitrogens with zero attached hydrogens (tertiary/aromatic N) is 1. The van der Waals surface area contributed by atoms with Gasteiger partial charge in [0.05, 0.1) is 11.6 Å². The van der Waals surface area contributed by atoms with Crippen LogP contribution in [-0.2, 0) is 4.79 Å². The molecule has 22 heavy (non-hydrogen) atoms. The van der Waals surface area contributed by atoms with E-state index in [1.165, 1.54) is 0 Å². The fraction of sp³-hybridized carbons (Fsp3) is 0.222. The second-order valence-corrected chi connectivity index (χ2v) is 5.09. The Labute approximate surface area is 129 Å². The van der Waals surface area contributed by atoms with Crippen molar-refractivity contribution in [1.82, 2.24) is 0 Å².